The lowest BCUT2D eigenvalue weighted by molar-refractivity contribution is 0.0948. The average molecular weight is 352 g/mol. The van der Waals surface area contributed by atoms with Gasteiger partial charge in [0.15, 0.2) is 0 Å². The van der Waals surface area contributed by atoms with Crippen molar-refractivity contribution < 1.29 is 9.15 Å². The third-order valence-corrected chi connectivity index (χ3v) is 4.91. The van der Waals surface area contributed by atoms with Crippen molar-refractivity contribution in [3.63, 3.8) is 0 Å². The Morgan fingerprint density at radius 3 is 2.96 bits per heavy atom. The number of hydrogen-bond acceptors (Lipinski definition) is 5. The molecular weight excluding hydrogens is 328 g/mol. The topological polar surface area (TPSA) is 56.3 Å². The summed E-state index contributed by atoms with van der Waals surface area (Å²) in [6.45, 7) is 8.07. The van der Waals surface area contributed by atoms with Gasteiger partial charge in [-0.15, -0.1) is 0 Å². The summed E-state index contributed by atoms with van der Waals surface area (Å²) in [5.74, 6) is 1.10. The molecule has 0 N–H and O–H groups in total. The van der Waals surface area contributed by atoms with E-state index >= 15 is 0 Å². The maximum absolute atomic E-state index is 5.88. The van der Waals surface area contributed by atoms with Crippen molar-refractivity contribution in [1.29, 1.82) is 0 Å². The van der Waals surface area contributed by atoms with E-state index in [0.29, 0.717) is 13.2 Å². The maximum Gasteiger partial charge on any atom is 0.126 e. The Kier molecular flexibility index (Phi) is 4.86. The van der Waals surface area contributed by atoms with Crippen LogP contribution in [0, 0.1) is 6.92 Å². The lowest BCUT2D eigenvalue weighted by atomic mass is 10.2. The van der Waals surface area contributed by atoms with Crippen molar-refractivity contribution in [2.45, 2.75) is 46.2 Å². The summed E-state index contributed by atoms with van der Waals surface area (Å²) in [5.41, 5.74) is 4.30. The number of imidazole rings is 1. The molecular formula is C20H24N4O2. The summed E-state index contributed by atoms with van der Waals surface area (Å²) in [6.07, 6.45) is 5.48. The molecule has 26 heavy (non-hydrogen) atoms. The van der Waals surface area contributed by atoms with Crippen molar-refractivity contribution in [3.05, 3.63) is 71.5 Å². The first-order chi connectivity index (χ1) is 12.7. The van der Waals surface area contributed by atoms with Gasteiger partial charge in [-0.3, -0.25) is 9.88 Å². The number of pyridine rings is 1. The van der Waals surface area contributed by atoms with E-state index in [-0.39, 0.29) is 6.04 Å². The number of furan rings is 1. The minimum Gasteiger partial charge on any atom is -0.472 e. The first-order valence-electron chi connectivity index (χ1n) is 9.00. The van der Waals surface area contributed by atoms with Crippen LogP contribution >= 0.6 is 0 Å². The summed E-state index contributed by atoms with van der Waals surface area (Å²) in [4.78, 5) is 11.6. The van der Waals surface area contributed by atoms with Gasteiger partial charge in [0.2, 0.25) is 0 Å². The molecule has 0 bridgehead atoms. The van der Waals surface area contributed by atoms with E-state index in [9.17, 15) is 0 Å². The third kappa shape index (κ3) is 3.57. The van der Waals surface area contributed by atoms with Crippen LogP contribution in [0.1, 0.15) is 41.4 Å². The van der Waals surface area contributed by atoms with Gasteiger partial charge in [-0.25, -0.2) is 4.98 Å². The van der Waals surface area contributed by atoms with E-state index < -0.39 is 0 Å². The van der Waals surface area contributed by atoms with Crippen LogP contribution in [0.5, 0.6) is 0 Å². The van der Waals surface area contributed by atoms with Gasteiger partial charge in [0.1, 0.15) is 5.82 Å². The highest BCUT2D eigenvalue weighted by Crippen LogP contribution is 2.27. The van der Waals surface area contributed by atoms with Crippen molar-refractivity contribution in [3.8, 4) is 0 Å². The number of aromatic nitrogens is 3. The molecule has 0 radical (unpaired) electrons. The lowest BCUT2D eigenvalue weighted by Crippen LogP contribution is -2.37. The molecule has 3 aromatic heterocycles. The predicted octanol–water partition coefficient (Wildman–Crippen LogP) is 3.47. The first-order valence-corrected chi connectivity index (χ1v) is 9.00. The molecule has 1 aliphatic rings. The zero-order chi connectivity index (χ0) is 17.9. The standard InChI is InChI=1S/C20H24N4O2/c1-15-4-3-5-18(22-15)13-26-14-19-10-21-20-16(2)23(7-8-24(19)20)11-17-6-9-25-12-17/h3-6,9-10,12,16H,7-8,11,13-14H2,1-2H3/t16-/m1/s1. The van der Waals surface area contributed by atoms with E-state index in [1.807, 2.05) is 43.6 Å². The highest BCUT2D eigenvalue weighted by molar-refractivity contribution is 5.13. The van der Waals surface area contributed by atoms with E-state index in [1.54, 1.807) is 6.26 Å². The number of ether oxygens (including phenoxy) is 1. The molecule has 0 aliphatic carbocycles. The zero-order valence-corrected chi connectivity index (χ0v) is 15.3. The number of rotatable bonds is 6. The van der Waals surface area contributed by atoms with Gasteiger partial charge in [-0.05, 0) is 32.0 Å². The van der Waals surface area contributed by atoms with Crippen LogP contribution in [-0.2, 0) is 31.0 Å². The van der Waals surface area contributed by atoms with Crippen LogP contribution in [0.4, 0.5) is 0 Å². The van der Waals surface area contributed by atoms with Crippen molar-refractivity contribution >= 4 is 0 Å². The summed E-state index contributed by atoms with van der Waals surface area (Å²) in [5, 5.41) is 0. The molecule has 0 aromatic carbocycles. The monoisotopic (exact) mass is 352 g/mol. The number of fused-ring (bicyclic) bond motifs is 1. The third-order valence-electron chi connectivity index (χ3n) is 4.91. The van der Waals surface area contributed by atoms with Crippen LogP contribution in [0.15, 0.2) is 47.4 Å². The second-order valence-corrected chi connectivity index (χ2v) is 6.80. The summed E-state index contributed by atoms with van der Waals surface area (Å²) in [7, 11) is 0. The van der Waals surface area contributed by atoms with E-state index in [1.165, 1.54) is 5.56 Å². The Morgan fingerprint density at radius 1 is 1.23 bits per heavy atom. The lowest BCUT2D eigenvalue weighted by Gasteiger charge is -2.34. The van der Waals surface area contributed by atoms with Crippen LogP contribution < -0.4 is 0 Å². The van der Waals surface area contributed by atoms with E-state index in [4.69, 9.17) is 9.15 Å². The van der Waals surface area contributed by atoms with Gasteiger partial charge in [0.25, 0.3) is 0 Å². The molecule has 4 heterocycles. The molecule has 0 spiro atoms. The summed E-state index contributed by atoms with van der Waals surface area (Å²) >= 11 is 0. The number of hydrogen-bond donors (Lipinski definition) is 0. The molecule has 0 unspecified atom stereocenters. The SMILES string of the molecule is Cc1cccc(COCc2cnc3n2CCN(Cc2ccoc2)[C@@H]3C)n1. The molecule has 136 valence electrons. The van der Waals surface area contributed by atoms with Crippen molar-refractivity contribution in [2.75, 3.05) is 6.54 Å². The largest absolute Gasteiger partial charge is 0.472 e. The normalized spacial score (nSPS) is 17.4. The van der Waals surface area contributed by atoms with Gasteiger partial charge in [0.05, 0.1) is 49.4 Å². The van der Waals surface area contributed by atoms with Crippen LogP contribution in [0.25, 0.3) is 0 Å². The Morgan fingerprint density at radius 2 is 2.15 bits per heavy atom. The molecule has 0 amide bonds. The smallest absolute Gasteiger partial charge is 0.126 e. The fourth-order valence-corrected chi connectivity index (χ4v) is 3.49. The Balaban J connectivity index is 1.38. The minimum absolute atomic E-state index is 0.269. The Bertz CT molecular complexity index is 857. The minimum atomic E-state index is 0.269. The maximum atomic E-state index is 5.88. The van der Waals surface area contributed by atoms with Gasteiger partial charge in [0, 0.05) is 30.9 Å². The molecule has 0 fully saturated rings. The van der Waals surface area contributed by atoms with Crippen LogP contribution in [0.3, 0.4) is 0 Å². The molecule has 0 saturated carbocycles. The molecule has 1 aliphatic heterocycles. The second kappa shape index (κ2) is 7.43. The van der Waals surface area contributed by atoms with Crippen LogP contribution in [-0.4, -0.2) is 26.0 Å². The van der Waals surface area contributed by atoms with Crippen molar-refractivity contribution in [2.24, 2.45) is 0 Å². The van der Waals surface area contributed by atoms with Gasteiger partial charge >= 0.3 is 0 Å². The summed E-state index contributed by atoms with van der Waals surface area (Å²) in [6, 6.07) is 8.29. The molecule has 6 heteroatoms. The quantitative estimate of drug-likeness (QED) is 0.680. The average Bonchev–Trinajstić information content (AvgIpc) is 3.28. The molecule has 0 saturated heterocycles. The fraction of sp³-hybridized carbons (Fsp3) is 0.400. The van der Waals surface area contributed by atoms with Crippen molar-refractivity contribution in [1.82, 2.24) is 19.4 Å². The van der Waals surface area contributed by atoms with E-state index in [0.717, 1.165) is 42.5 Å². The van der Waals surface area contributed by atoms with E-state index in [2.05, 4.69) is 26.4 Å². The van der Waals surface area contributed by atoms with Gasteiger partial charge in [-0.2, -0.15) is 0 Å². The zero-order valence-electron chi connectivity index (χ0n) is 15.3. The Labute approximate surface area is 153 Å². The number of nitrogens with zero attached hydrogens (tertiary/aromatic N) is 4. The Hall–Kier alpha value is -2.44. The number of aryl methyl sites for hydroxylation is 1. The predicted molar refractivity (Wildman–Crippen MR) is 97.2 cm³/mol. The molecule has 3 aromatic rings. The van der Waals surface area contributed by atoms with Gasteiger partial charge < -0.3 is 13.7 Å². The second-order valence-electron chi connectivity index (χ2n) is 6.80. The van der Waals surface area contributed by atoms with Gasteiger partial charge in [-0.1, -0.05) is 6.07 Å². The highest BCUT2D eigenvalue weighted by Gasteiger charge is 2.27. The highest BCUT2D eigenvalue weighted by atomic mass is 16.5. The first kappa shape index (κ1) is 17.0. The molecule has 1 atom stereocenters. The molecule has 4 rings (SSSR count). The fourth-order valence-electron chi connectivity index (χ4n) is 3.49. The molecule has 6 nitrogen and oxygen atoms in total. The summed E-state index contributed by atoms with van der Waals surface area (Å²) < 4.78 is 13.4. The van der Waals surface area contributed by atoms with Crippen LogP contribution in [0.2, 0.25) is 0 Å².